The second-order valence-corrected chi connectivity index (χ2v) is 16.8. The van der Waals surface area contributed by atoms with Crippen LogP contribution in [0.25, 0.3) is 0 Å². The van der Waals surface area contributed by atoms with Gasteiger partial charge in [0, 0.05) is 6.42 Å². The van der Waals surface area contributed by atoms with Gasteiger partial charge in [-0.25, -0.2) is 0 Å². The van der Waals surface area contributed by atoms with Crippen LogP contribution in [0.1, 0.15) is 239 Å². The quantitative estimate of drug-likeness (QED) is 0.0331. The van der Waals surface area contributed by atoms with Crippen LogP contribution in [0.5, 0.6) is 0 Å². The van der Waals surface area contributed by atoms with E-state index >= 15 is 0 Å². The zero-order valence-corrected chi connectivity index (χ0v) is 34.1. The van der Waals surface area contributed by atoms with E-state index in [1.165, 1.54) is 180 Å². The van der Waals surface area contributed by atoms with Crippen molar-refractivity contribution in [3.8, 4) is 0 Å². The minimum absolute atomic E-state index is 0.274. The number of rotatable bonds is 40. The smallest absolute Gasteiger partial charge is 0.267 e. The Labute approximate surface area is 312 Å². The Hall–Kier alpha value is -0.920. The number of aliphatic hydroxyl groups excluding tert-OH is 1. The van der Waals surface area contributed by atoms with Crippen molar-refractivity contribution >= 4 is 16.0 Å². The van der Waals surface area contributed by atoms with E-state index < -0.39 is 28.0 Å². The highest BCUT2D eigenvalue weighted by atomic mass is 32.2. The number of carbonyl (C=O) groups excluding carboxylic acids is 1. The molecule has 0 aliphatic rings. The van der Waals surface area contributed by atoms with E-state index in [4.69, 9.17) is 0 Å². The standard InChI is InChI=1S/C43H85NO5S/c1-3-5-7-9-11-13-15-17-18-19-20-21-22-23-24-25-26-27-29-31-33-35-37-39-43(46)44-41(40-50(47,48)49)42(45)38-36-34-32-30-28-16-14-12-10-8-6-4-2/h36,38,41-42,45H,3-35,37,39-40H2,1-2H3,(H,44,46)(H,47,48,49)/b38-36+. The molecule has 1 amide bonds. The molecule has 7 heteroatoms. The minimum atomic E-state index is -4.34. The number of unbranched alkanes of at least 4 members (excludes halogenated alkanes) is 32. The Morgan fingerprint density at radius 3 is 1.14 bits per heavy atom. The maximum atomic E-state index is 12.5. The zero-order valence-electron chi connectivity index (χ0n) is 33.3. The molecule has 0 fully saturated rings. The predicted molar refractivity (Wildman–Crippen MR) is 216 cm³/mol. The van der Waals surface area contributed by atoms with Crippen molar-refractivity contribution in [3.63, 3.8) is 0 Å². The van der Waals surface area contributed by atoms with Gasteiger partial charge in [-0.15, -0.1) is 0 Å². The fourth-order valence-corrected chi connectivity index (χ4v) is 7.66. The van der Waals surface area contributed by atoms with E-state index in [0.717, 1.165) is 38.5 Å². The summed E-state index contributed by atoms with van der Waals surface area (Å²) < 4.78 is 32.5. The minimum Gasteiger partial charge on any atom is -0.387 e. The van der Waals surface area contributed by atoms with Gasteiger partial charge in [0.1, 0.15) is 0 Å². The summed E-state index contributed by atoms with van der Waals surface area (Å²) in [4.78, 5) is 12.5. The number of hydrogen-bond donors (Lipinski definition) is 3. The average Bonchev–Trinajstić information content (AvgIpc) is 3.08. The number of allylic oxidation sites excluding steroid dienone is 1. The topological polar surface area (TPSA) is 104 Å². The summed E-state index contributed by atoms with van der Waals surface area (Å²) in [6.45, 7) is 4.52. The summed E-state index contributed by atoms with van der Waals surface area (Å²) in [6.07, 6.45) is 46.4. The SMILES string of the molecule is CCCCCCCCCCCC/C=C/C(O)C(CS(=O)(=O)O)NC(=O)CCCCCCCCCCCCCCCCCCCCCCCCC. The molecular formula is C43H85NO5S. The van der Waals surface area contributed by atoms with Gasteiger partial charge < -0.3 is 10.4 Å². The van der Waals surface area contributed by atoms with Gasteiger partial charge in [-0.3, -0.25) is 9.35 Å². The summed E-state index contributed by atoms with van der Waals surface area (Å²) in [6, 6.07) is -1.05. The molecule has 0 radical (unpaired) electrons. The van der Waals surface area contributed by atoms with Crippen LogP contribution in [0, 0.1) is 0 Å². The van der Waals surface area contributed by atoms with Crippen LogP contribution in [0.3, 0.4) is 0 Å². The van der Waals surface area contributed by atoms with Crippen molar-refractivity contribution in [2.45, 2.75) is 251 Å². The highest BCUT2D eigenvalue weighted by Gasteiger charge is 2.24. The zero-order chi connectivity index (χ0) is 36.8. The molecule has 2 atom stereocenters. The first-order valence-corrected chi connectivity index (χ1v) is 23.5. The van der Waals surface area contributed by atoms with Crippen molar-refractivity contribution in [2.24, 2.45) is 0 Å². The van der Waals surface area contributed by atoms with Crippen LogP contribution in [-0.4, -0.2) is 41.9 Å². The number of amides is 1. The third kappa shape index (κ3) is 38.3. The summed E-state index contributed by atoms with van der Waals surface area (Å²) in [5.41, 5.74) is 0. The Morgan fingerprint density at radius 1 is 0.520 bits per heavy atom. The van der Waals surface area contributed by atoms with Gasteiger partial charge in [-0.1, -0.05) is 225 Å². The van der Waals surface area contributed by atoms with E-state index in [-0.39, 0.29) is 5.91 Å². The van der Waals surface area contributed by atoms with Crippen molar-refractivity contribution in [3.05, 3.63) is 12.2 Å². The lowest BCUT2D eigenvalue weighted by Crippen LogP contribution is -2.46. The largest absolute Gasteiger partial charge is 0.387 e. The lowest BCUT2D eigenvalue weighted by molar-refractivity contribution is -0.122. The van der Waals surface area contributed by atoms with E-state index in [2.05, 4.69) is 19.2 Å². The number of aliphatic hydroxyl groups is 1. The molecular weight excluding hydrogens is 643 g/mol. The lowest BCUT2D eigenvalue weighted by atomic mass is 10.0. The Balaban J connectivity index is 3.76. The summed E-state index contributed by atoms with van der Waals surface area (Å²) in [7, 11) is -4.34. The van der Waals surface area contributed by atoms with Gasteiger partial charge in [-0.2, -0.15) is 8.42 Å². The molecule has 3 N–H and O–H groups in total. The molecule has 0 spiro atoms. The van der Waals surface area contributed by atoms with Gasteiger partial charge in [-0.05, 0) is 19.3 Å². The predicted octanol–water partition coefficient (Wildman–Crippen LogP) is 13.0. The number of carbonyl (C=O) groups is 1. The molecule has 0 aromatic carbocycles. The molecule has 0 rings (SSSR count). The summed E-state index contributed by atoms with van der Waals surface area (Å²) in [5.74, 6) is -0.966. The van der Waals surface area contributed by atoms with Crippen LogP contribution in [-0.2, 0) is 14.9 Å². The van der Waals surface area contributed by atoms with Gasteiger partial charge >= 0.3 is 0 Å². The average molecular weight is 728 g/mol. The number of hydrogen-bond acceptors (Lipinski definition) is 4. The monoisotopic (exact) mass is 728 g/mol. The Bertz CT molecular complexity index is 846. The third-order valence-corrected chi connectivity index (χ3v) is 11.0. The molecule has 0 bridgehead atoms. The van der Waals surface area contributed by atoms with Crippen LogP contribution in [0.15, 0.2) is 12.2 Å². The molecule has 0 aromatic rings. The summed E-state index contributed by atoms with van der Waals surface area (Å²) in [5, 5.41) is 13.2. The van der Waals surface area contributed by atoms with Crippen molar-refractivity contribution in [2.75, 3.05) is 5.75 Å². The van der Waals surface area contributed by atoms with Crippen molar-refractivity contribution in [1.29, 1.82) is 0 Å². The van der Waals surface area contributed by atoms with E-state index in [1.54, 1.807) is 6.08 Å². The van der Waals surface area contributed by atoms with Gasteiger partial charge in [0.05, 0.1) is 17.9 Å². The maximum absolute atomic E-state index is 12.5. The molecule has 0 heterocycles. The molecule has 0 saturated heterocycles. The van der Waals surface area contributed by atoms with Crippen molar-refractivity contribution < 1.29 is 22.9 Å². The van der Waals surface area contributed by atoms with E-state index in [1.807, 2.05) is 6.08 Å². The molecule has 2 unspecified atom stereocenters. The van der Waals surface area contributed by atoms with E-state index in [0.29, 0.717) is 6.42 Å². The first-order chi connectivity index (χ1) is 24.3. The normalized spacial score (nSPS) is 13.3. The Morgan fingerprint density at radius 2 is 0.820 bits per heavy atom. The van der Waals surface area contributed by atoms with Crippen LogP contribution >= 0.6 is 0 Å². The first-order valence-electron chi connectivity index (χ1n) is 21.9. The molecule has 0 aliphatic heterocycles. The lowest BCUT2D eigenvalue weighted by Gasteiger charge is -2.21. The molecule has 6 nitrogen and oxygen atoms in total. The number of nitrogens with one attached hydrogen (secondary N) is 1. The molecule has 298 valence electrons. The van der Waals surface area contributed by atoms with Crippen LogP contribution in [0.2, 0.25) is 0 Å². The fraction of sp³-hybridized carbons (Fsp3) is 0.930. The highest BCUT2D eigenvalue weighted by molar-refractivity contribution is 7.85. The first kappa shape index (κ1) is 49.1. The molecule has 0 aliphatic carbocycles. The third-order valence-electron chi connectivity index (χ3n) is 10.2. The second kappa shape index (κ2) is 37.8. The molecule has 0 aromatic heterocycles. The van der Waals surface area contributed by atoms with Crippen LogP contribution < -0.4 is 5.32 Å². The van der Waals surface area contributed by atoms with E-state index in [9.17, 15) is 22.9 Å². The summed E-state index contributed by atoms with van der Waals surface area (Å²) >= 11 is 0. The van der Waals surface area contributed by atoms with Gasteiger partial charge in [0.15, 0.2) is 0 Å². The van der Waals surface area contributed by atoms with Crippen LogP contribution in [0.4, 0.5) is 0 Å². The van der Waals surface area contributed by atoms with Crippen molar-refractivity contribution in [1.82, 2.24) is 5.32 Å². The maximum Gasteiger partial charge on any atom is 0.267 e. The highest BCUT2D eigenvalue weighted by Crippen LogP contribution is 2.16. The Kier molecular flexibility index (Phi) is 37.1. The second-order valence-electron chi connectivity index (χ2n) is 15.3. The molecule has 0 saturated carbocycles. The fourth-order valence-electron chi connectivity index (χ4n) is 6.92. The molecule has 50 heavy (non-hydrogen) atoms. The van der Waals surface area contributed by atoms with Gasteiger partial charge in [0.25, 0.3) is 10.1 Å². The van der Waals surface area contributed by atoms with Gasteiger partial charge in [0.2, 0.25) is 5.91 Å².